The van der Waals surface area contributed by atoms with Gasteiger partial charge in [-0.1, -0.05) is 0 Å². The van der Waals surface area contributed by atoms with Crippen LogP contribution in [0.5, 0.6) is 0 Å². The van der Waals surface area contributed by atoms with Crippen LogP contribution in [0.4, 0.5) is 0 Å². The minimum absolute atomic E-state index is 0.0149. The van der Waals surface area contributed by atoms with Gasteiger partial charge in [0.2, 0.25) is 0 Å². The van der Waals surface area contributed by atoms with Crippen LogP contribution in [0.15, 0.2) is 5.38 Å². The maximum atomic E-state index is 11.3. The fourth-order valence-corrected chi connectivity index (χ4v) is 1.65. The molecule has 1 N–H and O–H groups in total. The number of nitrogens with zero attached hydrogens (tertiary/aromatic N) is 1. The van der Waals surface area contributed by atoms with Crippen LogP contribution in [-0.4, -0.2) is 31.5 Å². The van der Waals surface area contributed by atoms with Gasteiger partial charge in [0.25, 0.3) is 0 Å². The lowest BCUT2D eigenvalue weighted by molar-refractivity contribution is 0.0989. The fourth-order valence-electron chi connectivity index (χ4n) is 0.880. The zero-order chi connectivity index (χ0) is 9.68. The highest BCUT2D eigenvalue weighted by Crippen LogP contribution is 2.10. The number of thiazole rings is 1. The number of ketones is 1. The van der Waals surface area contributed by atoms with Gasteiger partial charge in [-0.15, -0.1) is 11.3 Å². The molecule has 1 rings (SSSR count). The van der Waals surface area contributed by atoms with Crippen molar-refractivity contribution in [1.82, 2.24) is 10.3 Å². The van der Waals surface area contributed by atoms with Crippen molar-refractivity contribution in [2.24, 2.45) is 0 Å². The van der Waals surface area contributed by atoms with Gasteiger partial charge in [0, 0.05) is 12.5 Å². The fraction of sp³-hybridized carbons (Fsp3) is 0.500. The SMILES string of the molecule is CNCC(=O)c1csc(COC)n1. The number of nitrogens with one attached hydrogen (secondary N) is 1. The van der Waals surface area contributed by atoms with Gasteiger partial charge in [0.1, 0.15) is 10.7 Å². The van der Waals surface area contributed by atoms with Crippen molar-refractivity contribution in [2.45, 2.75) is 6.61 Å². The number of carbonyl (C=O) groups is 1. The van der Waals surface area contributed by atoms with Gasteiger partial charge >= 0.3 is 0 Å². The molecule has 0 fully saturated rings. The summed E-state index contributed by atoms with van der Waals surface area (Å²) in [7, 11) is 3.34. The van der Waals surface area contributed by atoms with Crippen LogP contribution in [0.25, 0.3) is 0 Å². The molecule has 0 aliphatic heterocycles. The van der Waals surface area contributed by atoms with Gasteiger partial charge < -0.3 is 10.1 Å². The quantitative estimate of drug-likeness (QED) is 0.710. The Balaban J connectivity index is 2.62. The molecule has 0 amide bonds. The molecular weight excluding hydrogens is 188 g/mol. The van der Waals surface area contributed by atoms with Gasteiger partial charge in [-0.25, -0.2) is 4.98 Å². The Morgan fingerprint density at radius 1 is 1.77 bits per heavy atom. The van der Waals surface area contributed by atoms with Crippen molar-refractivity contribution < 1.29 is 9.53 Å². The molecule has 0 aromatic carbocycles. The molecule has 4 nitrogen and oxygen atoms in total. The van der Waals surface area contributed by atoms with Crippen LogP contribution >= 0.6 is 11.3 Å². The molecule has 0 bridgehead atoms. The van der Waals surface area contributed by atoms with E-state index in [1.165, 1.54) is 11.3 Å². The number of Topliss-reactive ketones (excluding diaryl/α,β-unsaturated/α-hetero) is 1. The van der Waals surface area contributed by atoms with E-state index in [1.54, 1.807) is 19.5 Å². The lowest BCUT2D eigenvalue weighted by atomic mass is 10.3. The first kappa shape index (κ1) is 10.3. The van der Waals surface area contributed by atoms with Crippen molar-refractivity contribution in [1.29, 1.82) is 0 Å². The number of hydrogen-bond acceptors (Lipinski definition) is 5. The van der Waals surface area contributed by atoms with Crippen molar-refractivity contribution in [2.75, 3.05) is 20.7 Å². The second-order valence-electron chi connectivity index (χ2n) is 2.51. The summed E-state index contributed by atoms with van der Waals surface area (Å²) in [5.41, 5.74) is 0.520. The first-order valence-electron chi connectivity index (χ1n) is 3.89. The first-order chi connectivity index (χ1) is 6.27. The largest absolute Gasteiger partial charge is 0.378 e. The standard InChI is InChI=1S/C8H12N2O2S/c1-9-3-7(11)6-5-13-8(10-6)4-12-2/h5,9H,3-4H2,1-2H3. The molecule has 0 spiro atoms. The average molecular weight is 200 g/mol. The minimum atomic E-state index is 0.0149. The second kappa shape index (κ2) is 5.06. The molecular formula is C8H12N2O2S. The lowest BCUT2D eigenvalue weighted by Gasteiger charge is -1.93. The number of likely N-dealkylation sites (N-methyl/N-ethyl adjacent to an activating group) is 1. The average Bonchev–Trinajstić information content (AvgIpc) is 2.54. The smallest absolute Gasteiger partial charge is 0.195 e. The van der Waals surface area contributed by atoms with Crippen molar-refractivity contribution >= 4 is 17.1 Å². The normalized spacial score (nSPS) is 10.3. The molecule has 0 saturated heterocycles. The van der Waals surface area contributed by atoms with E-state index in [9.17, 15) is 4.79 Å². The van der Waals surface area contributed by atoms with Gasteiger partial charge in [-0.2, -0.15) is 0 Å². The Morgan fingerprint density at radius 2 is 2.54 bits per heavy atom. The third-order valence-corrected chi connectivity index (χ3v) is 2.26. The molecule has 0 unspecified atom stereocenters. The van der Waals surface area contributed by atoms with Crippen LogP contribution in [0.3, 0.4) is 0 Å². The zero-order valence-corrected chi connectivity index (χ0v) is 8.48. The molecule has 13 heavy (non-hydrogen) atoms. The summed E-state index contributed by atoms with van der Waals surface area (Å²) < 4.78 is 4.90. The van der Waals surface area contributed by atoms with E-state index in [0.29, 0.717) is 18.8 Å². The number of aromatic nitrogens is 1. The molecule has 0 aliphatic rings. The van der Waals surface area contributed by atoms with E-state index in [-0.39, 0.29) is 5.78 Å². The summed E-state index contributed by atoms with van der Waals surface area (Å²) in [6.07, 6.45) is 0. The molecule has 0 aliphatic carbocycles. The summed E-state index contributed by atoms with van der Waals surface area (Å²) in [6, 6.07) is 0. The molecule has 72 valence electrons. The predicted octanol–water partition coefficient (Wildman–Crippen LogP) is 0.692. The highest BCUT2D eigenvalue weighted by Gasteiger charge is 2.08. The predicted molar refractivity (Wildman–Crippen MR) is 51.1 cm³/mol. The van der Waals surface area contributed by atoms with Gasteiger partial charge in [-0.05, 0) is 7.05 Å². The first-order valence-corrected chi connectivity index (χ1v) is 4.77. The summed E-state index contributed by atoms with van der Waals surface area (Å²) in [4.78, 5) is 15.4. The summed E-state index contributed by atoms with van der Waals surface area (Å²) in [6.45, 7) is 0.799. The molecule has 0 saturated carbocycles. The van der Waals surface area contributed by atoms with E-state index >= 15 is 0 Å². The number of hydrogen-bond donors (Lipinski definition) is 1. The lowest BCUT2D eigenvalue weighted by Crippen LogP contribution is -2.18. The summed E-state index contributed by atoms with van der Waals surface area (Å²) in [5.74, 6) is 0.0149. The monoisotopic (exact) mass is 200 g/mol. The minimum Gasteiger partial charge on any atom is -0.378 e. The van der Waals surface area contributed by atoms with E-state index in [1.807, 2.05) is 0 Å². The molecule has 5 heteroatoms. The van der Waals surface area contributed by atoms with Crippen LogP contribution in [-0.2, 0) is 11.3 Å². The van der Waals surface area contributed by atoms with Gasteiger partial charge in [0.15, 0.2) is 5.78 Å². The van der Waals surface area contributed by atoms with Crippen molar-refractivity contribution in [3.05, 3.63) is 16.1 Å². The molecule has 1 heterocycles. The Labute approximate surface area is 80.9 Å². The van der Waals surface area contributed by atoms with Crippen LogP contribution in [0.2, 0.25) is 0 Å². The number of ether oxygens (including phenoxy) is 1. The summed E-state index contributed by atoms with van der Waals surface area (Å²) in [5, 5.41) is 5.38. The van der Waals surface area contributed by atoms with E-state index in [2.05, 4.69) is 10.3 Å². The topological polar surface area (TPSA) is 51.2 Å². The highest BCUT2D eigenvalue weighted by atomic mass is 32.1. The number of methoxy groups -OCH3 is 1. The van der Waals surface area contributed by atoms with Crippen LogP contribution in [0.1, 0.15) is 15.5 Å². The molecule has 0 atom stereocenters. The highest BCUT2D eigenvalue weighted by molar-refractivity contribution is 7.09. The van der Waals surface area contributed by atoms with E-state index < -0.39 is 0 Å². The Hall–Kier alpha value is -0.780. The van der Waals surface area contributed by atoms with Gasteiger partial charge in [-0.3, -0.25) is 4.79 Å². The van der Waals surface area contributed by atoms with Gasteiger partial charge in [0.05, 0.1) is 13.2 Å². The van der Waals surface area contributed by atoms with Crippen LogP contribution in [0, 0.1) is 0 Å². The zero-order valence-electron chi connectivity index (χ0n) is 7.66. The van der Waals surface area contributed by atoms with Crippen molar-refractivity contribution in [3.63, 3.8) is 0 Å². The van der Waals surface area contributed by atoms with E-state index in [4.69, 9.17) is 4.74 Å². The maximum Gasteiger partial charge on any atom is 0.195 e. The number of rotatable bonds is 5. The Morgan fingerprint density at radius 3 is 3.15 bits per heavy atom. The Bertz CT molecular complexity index is 285. The molecule has 1 aromatic rings. The third kappa shape index (κ3) is 2.87. The number of carbonyl (C=O) groups excluding carboxylic acids is 1. The van der Waals surface area contributed by atoms with E-state index in [0.717, 1.165) is 5.01 Å². The molecule has 1 aromatic heterocycles. The molecule has 0 radical (unpaired) electrons. The van der Waals surface area contributed by atoms with Crippen LogP contribution < -0.4 is 5.32 Å². The maximum absolute atomic E-state index is 11.3. The van der Waals surface area contributed by atoms with Crippen molar-refractivity contribution in [3.8, 4) is 0 Å². The Kier molecular flexibility index (Phi) is 4.01. The third-order valence-electron chi connectivity index (χ3n) is 1.44. The summed E-state index contributed by atoms with van der Waals surface area (Å²) >= 11 is 1.44. The second-order valence-corrected chi connectivity index (χ2v) is 3.46.